The van der Waals surface area contributed by atoms with Crippen molar-refractivity contribution >= 4 is 47.4 Å². The van der Waals surface area contributed by atoms with Crippen LogP contribution in [0.2, 0.25) is 0 Å². The van der Waals surface area contributed by atoms with E-state index < -0.39 is 0 Å². The van der Waals surface area contributed by atoms with E-state index in [9.17, 15) is 9.59 Å². The van der Waals surface area contributed by atoms with Gasteiger partial charge in [-0.3, -0.25) is 14.6 Å². The second-order valence-corrected chi connectivity index (χ2v) is 7.63. The van der Waals surface area contributed by atoms with Crippen molar-refractivity contribution in [3.05, 3.63) is 89.4 Å². The zero-order valence-electron chi connectivity index (χ0n) is 19.5. The van der Waals surface area contributed by atoms with Gasteiger partial charge in [0.15, 0.2) is 11.7 Å². The number of aliphatic imine (C=N–C) groups is 1. The van der Waals surface area contributed by atoms with Gasteiger partial charge in [0.2, 0.25) is 0 Å². The van der Waals surface area contributed by atoms with Crippen molar-refractivity contribution in [1.29, 1.82) is 0 Å². The molecule has 0 spiro atoms. The average Bonchev–Trinajstić information content (AvgIpc) is 3.36. The number of guanidine groups is 1. The molecule has 0 saturated heterocycles. The summed E-state index contributed by atoms with van der Waals surface area (Å²) in [5, 5.41) is 9.38. The second-order valence-electron chi connectivity index (χ2n) is 7.63. The maximum absolute atomic E-state index is 12.2. The fraction of sp³-hybridized carbons (Fsp3) is 0.240. The topological polar surface area (TPSA) is 99.0 Å². The summed E-state index contributed by atoms with van der Waals surface area (Å²) in [6.07, 6.45) is 2.22. The van der Waals surface area contributed by atoms with Crippen molar-refractivity contribution in [3.8, 4) is 0 Å². The molecule has 0 atom stereocenters. The van der Waals surface area contributed by atoms with Crippen LogP contribution in [-0.4, -0.2) is 50.4 Å². The molecule has 3 aromatic rings. The summed E-state index contributed by atoms with van der Waals surface area (Å²) in [5.41, 5.74) is 3.43. The maximum atomic E-state index is 12.2. The first kappa shape index (κ1) is 26.9. The number of amides is 2. The van der Waals surface area contributed by atoms with E-state index in [1.807, 2.05) is 48.5 Å². The molecular weight excluding hydrogens is 545 g/mol. The van der Waals surface area contributed by atoms with Crippen LogP contribution >= 0.6 is 24.0 Å². The van der Waals surface area contributed by atoms with E-state index in [-0.39, 0.29) is 41.6 Å². The molecule has 2 amide bonds. The highest BCUT2D eigenvalue weighted by Gasteiger charge is 2.10. The highest BCUT2D eigenvalue weighted by atomic mass is 127. The molecule has 0 aliphatic carbocycles. The minimum absolute atomic E-state index is 0. The molecular formula is C25H30IN5O3. The van der Waals surface area contributed by atoms with E-state index in [0.29, 0.717) is 30.3 Å². The molecule has 0 saturated carbocycles. The van der Waals surface area contributed by atoms with Gasteiger partial charge in [-0.05, 0) is 53.9 Å². The second kappa shape index (κ2) is 13.4. The number of nitrogens with one attached hydrogen (secondary N) is 3. The summed E-state index contributed by atoms with van der Waals surface area (Å²) in [5.74, 6) is 0.629. The Morgan fingerprint density at radius 3 is 2.44 bits per heavy atom. The summed E-state index contributed by atoms with van der Waals surface area (Å²) in [4.78, 5) is 30.1. The molecule has 0 aliphatic heterocycles. The van der Waals surface area contributed by atoms with Crippen LogP contribution in [-0.2, 0) is 13.0 Å². The maximum Gasteiger partial charge on any atom is 0.291 e. The molecule has 3 N–H and O–H groups in total. The number of halogens is 1. The Balaban J connectivity index is 0.00000408. The van der Waals surface area contributed by atoms with E-state index in [1.54, 1.807) is 38.2 Å². The van der Waals surface area contributed by atoms with E-state index >= 15 is 0 Å². The first-order chi connectivity index (χ1) is 16.0. The lowest BCUT2D eigenvalue weighted by molar-refractivity contribution is 0.0827. The number of furan rings is 1. The summed E-state index contributed by atoms with van der Waals surface area (Å²) < 4.78 is 5.12. The number of carbonyl (C=O) groups excluding carboxylic acids is 2. The molecule has 0 bridgehead atoms. The Labute approximate surface area is 216 Å². The van der Waals surface area contributed by atoms with Gasteiger partial charge in [-0.15, -0.1) is 24.0 Å². The molecule has 180 valence electrons. The fourth-order valence-corrected chi connectivity index (χ4v) is 3.21. The van der Waals surface area contributed by atoms with Gasteiger partial charge in [0, 0.05) is 45.5 Å². The number of benzene rings is 2. The van der Waals surface area contributed by atoms with Gasteiger partial charge in [0.25, 0.3) is 11.8 Å². The quantitative estimate of drug-likeness (QED) is 0.216. The van der Waals surface area contributed by atoms with Crippen LogP contribution in [0.25, 0.3) is 0 Å². The number of hydrogen-bond acceptors (Lipinski definition) is 4. The van der Waals surface area contributed by atoms with Crippen molar-refractivity contribution in [2.45, 2.75) is 13.0 Å². The molecule has 3 rings (SSSR count). The van der Waals surface area contributed by atoms with Gasteiger partial charge in [0.05, 0.1) is 6.26 Å². The van der Waals surface area contributed by atoms with E-state index in [2.05, 4.69) is 20.9 Å². The average molecular weight is 575 g/mol. The van der Waals surface area contributed by atoms with Crippen molar-refractivity contribution in [3.63, 3.8) is 0 Å². The lowest BCUT2D eigenvalue weighted by atomic mass is 10.1. The smallest absolute Gasteiger partial charge is 0.291 e. The molecule has 1 heterocycles. The largest absolute Gasteiger partial charge is 0.459 e. The Morgan fingerprint density at radius 2 is 1.74 bits per heavy atom. The fourth-order valence-electron chi connectivity index (χ4n) is 3.21. The summed E-state index contributed by atoms with van der Waals surface area (Å²) in [6.45, 7) is 1.20. The third-order valence-corrected chi connectivity index (χ3v) is 4.90. The summed E-state index contributed by atoms with van der Waals surface area (Å²) in [6, 6.07) is 18.5. The van der Waals surface area contributed by atoms with Crippen LogP contribution in [0.1, 0.15) is 32.0 Å². The predicted octanol–water partition coefficient (Wildman–Crippen LogP) is 3.76. The third-order valence-electron chi connectivity index (χ3n) is 4.90. The van der Waals surface area contributed by atoms with Gasteiger partial charge < -0.3 is 25.3 Å². The van der Waals surface area contributed by atoms with Gasteiger partial charge in [-0.25, -0.2) is 0 Å². The summed E-state index contributed by atoms with van der Waals surface area (Å²) >= 11 is 0. The molecule has 8 nitrogen and oxygen atoms in total. The van der Waals surface area contributed by atoms with Crippen LogP contribution < -0.4 is 16.0 Å². The molecule has 2 aromatic carbocycles. The Kier molecular flexibility index (Phi) is 10.6. The number of carbonyl (C=O) groups is 2. The van der Waals surface area contributed by atoms with Gasteiger partial charge in [0.1, 0.15) is 0 Å². The Morgan fingerprint density at radius 1 is 0.971 bits per heavy atom. The number of rotatable bonds is 8. The van der Waals surface area contributed by atoms with Crippen molar-refractivity contribution in [2.24, 2.45) is 4.99 Å². The third kappa shape index (κ3) is 7.91. The zero-order chi connectivity index (χ0) is 23.6. The lowest BCUT2D eigenvalue weighted by Gasteiger charge is -2.14. The number of hydrogen-bond donors (Lipinski definition) is 3. The Bertz CT molecular complexity index is 1110. The van der Waals surface area contributed by atoms with Crippen molar-refractivity contribution < 1.29 is 14.0 Å². The molecule has 0 fully saturated rings. The van der Waals surface area contributed by atoms with E-state index in [0.717, 1.165) is 17.5 Å². The highest BCUT2D eigenvalue weighted by molar-refractivity contribution is 14.0. The van der Waals surface area contributed by atoms with Crippen LogP contribution in [0.4, 0.5) is 5.69 Å². The van der Waals surface area contributed by atoms with Gasteiger partial charge in [-0.2, -0.15) is 0 Å². The van der Waals surface area contributed by atoms with Crippen molar-refractivity contribution in [1.82, 2.24) is 15.5 Å². The summed E-state index contributed by atoms with van der Waals surface area (Å²) in [7, 11) is 5.20. The minimum Gasteiger partial charge on any atom is -0.459 e. The van der Waals surface area contributed by atoms with E-state index in [1.165, 1.54) is 6.26 Å². The molecule has 1 aromatic heterocycles. The van der Waals surface area contributed by atoms with E-state index in [4.69, 9.17) is 4.42 Å². The number of nitrogens with zero attached hydrogens (tertiary/aromatic N) is 2. The Hall–Kier alpha value is -3.34. The molecule has 0 unspecified atom stereocenters. The normalized spacial score (nSPS) is 10.7. The number of anilines is 1. The molecule has 34 heavy (non-hydrogen) atoms. The van der Waals surface area contributed by atoms with Crippen LogP contribution in [0.15, 0.2) is 76.3 Å². The first-order valence-electron chi connectivity index (χ1n) is 10.6. The highest BCUT2D eigenvalue weighted by Crippen LogP contribution is 2.13. The first-order valence-corrected chi connectivity index (χ1v) is 10.6. The molecule has 0 radical (unpaired) electrons. The lowest BCUT2D eigenvalue weighted by Crippen LogP contribution is -2.37. The van der Waals surface area contributed by atoms with Crippen LogP contribution in [0.3, 0.4) is 0 Å². The predicted molar refractivity (Wildman–Crippen MR) is 145 cm³/mol. The van der Waals surface area contributed by atoms with Gasteiger partial charge >= 0.3 is 0 Å². The standard InChI is InChI=1S/C25H29N5O3.HI/c1-26-25(27-13-12-18-7-4-9-20(15-18)24(32)30(2)3)28-17-19-8-5-10-21(16-19)29-23(31)22-11-6-14-33-22;/h4-11,14-16H,12-13,17H2,1-3H3,(H,29,31)(H2,26,27,28);1H. The SMILES string of the molecule is CN=C(NCCc1cccc(C(=O)N(C)C)c1)NCc1cccc(NC(=O)c2ccco2)c1.I. The monoisotopic (exact) mass is 575 g/mol. The minimum atomic E-state index is -0.293. The van der Waals surface area contributed by atoms with Crippen molar-refractivity contribution in [2.75, 3.05) is 33.0 Å². The zero-order valence-corrected chi connectivity index (χ0v) is 21.8. The molecule has 0 aliphatic rings. The molecule has 9 heteroatoms. The van der Waals surface area contributed by atoms with Gasteiger partial charge in [-0.1, -0.05) is 24.3 Å². The van der Waals surface area contributed by atoms with Crippen LogP contribution in [0, 0.1) is 0 Å². The van der Waals surface area contributed by atoms with Crippen LogP contribution in [0.5, 0.6) is 0 Å².